The summed E-state index contributed by atoms with van der Waals surface area (Å²) in [6.45, 7) is 0.488. The van der Waals surface area contributed by atoms with Crippen LogP contribution >= 0.6 is 23.2 Å². The number of carbonyl (C=O) groups excluding carboxylic acids is 2. The fourth-order valence-corrected chi connectivity index (χ4v) is 4.01. The largest absolute Gasteiger partial charge is 0.497 e. The van der Waals surface area contributed by atoms with Crippen LogP contribution in [0.2, 0.25) is 10.0 Å². The van der Waals surface area contributed by atoms with Gasteiger partial charge in [-0.1, -0.05) is 23.2 Å². The van der Waals surface area contributed by atoms with Crippen molar-refractivity contribution in [2.75, 3.05) is 27.3 Å². The number of halogens is 2. The Bertz CT molecular complexity index is 920. The van der Waals surface area contributed by atoms with Crippen LogP contribution in [0.15, 0.2) is 36.4 Å². The van der Waals surface area contributed by atoms with E-state index < -0.39 is 5.91 Å². The fraction of sp³-hybridized carbons (Fsp3) is 0.333. The minimum absolute atomic E-state index is 0.124. The Morgan fingerprint density at radius 3 is 2.62 bits per heavy atom. The first-order valence-electron chi connectivity index (χ1n) is 9.19. The second-order valence-corrected chi connectivity index (χ2v) is 7.50. The molecule has 8 heteroatoms. The van der Waals surface area contributed by atoms with Gasteiger partial charge >= 0.3 is 0 Å². The number of carbonyl (C=O) groups is 2. The molecule has 1 N–H and O–H groups in total. The van der Waals surface area contributed by atoms with Crippen molar-refractivity contribution in [2.24, 2.45) is 0 Å². The van der Waals surface area contributed by atoms with Crippen molar-refractivity contribution in [1.82, 2.24) is 10.2 Å². The number of methoxy groups -OCH3 is 2. The lowest BCUT2D eigenvalue weighted by atomic mass is 10.0. The molecule has 1 heterocycles. The standard InChI is InChI=1S/C21H22Cl2N2O4/c1-28-14-6-8-19(29-2)16(11-14)18-4-3-9-25(18)20(26)12-24-21(27)15-7-5-13(22)10-17(15)23/h5-8,10-11,18H,3-4,9,12H2,1-2H3,(H,24,27). The minimum atomic E-state index is -0.422. The predicted molar refractivity (Wildman–Crippen MR) is 112 cm³/mol. The molecule has 0 radical (unpaired) electrons. The molecule has 1 saturated heterocycles. The molecule has 0 aromatic heterocycles. The molecule has 1 aliphatic rings. The summed E-state index contributed by atoms with van der Waals surface area (Å²) < 4.78 is 10.8. The fourth-order valence-electron chi connectivity index (χ4n) is 3.51. The lowest BCUT2D eigenvalue weighted by Crippen LogP contribution is -2.40. The number of benzene rings is 2. The van der Waals surface area contributed by atoms with Gasteiger partial charge in [0.2, 0.25) is 5.91 Å². The highest BCUT2D eigenvalue weighted by atomic mass is 35.5. The molecule has 0 aliphatic carbocycles. The van der Waals surface area contributed by atoms with Gasteiger partial charge in [0.1, 0.15) is 11.5 Å². The van der Waals surface area contributed by atoms with Crippen LogP contribution < -0.4 is 14.8 Å². The average molecular weight is 437 g/mol. The van der Waals surface area contributed by atoms with E-state index in [9.17, 15) is 9.59 Å². The van der Waals surface area contributed by atoms with Crippen molar-refractivity contribution >= 4 is 35.0 Å². The Morgan fingerprint density at radius 2 is 1.93 bits per heavy atom. The monoisotopic (exact) mass is 436 g/mol. The molecule has 29 heavy (non-hydrogen) atoms. The maximum absolute atomic E-state index is 12.8. The summed E-state index contributed by atoms with van der Waals surface area (Å²) in [7, 11) is 3.20. The van der Waals surface area contributed by atoms with Crippen LogP contribution in [-0.4, -0.2) is 44.0 Å². The summed E-state index contributed by atoms with van der Waals surface area (Å²) in [6.07, 6.45) is 1.68. The number of nitrogens with one attached hydrogen (secondary N) is 1. The number of nitrogens with zero attached hydrogens (tertiary/aromatic N) is 1. The first-order valence-corrected chi connectivity index (χ1v) is 9.95. The van der Waals surface area contributed by atoms with Crippen molar-refractivity contribution in [1.29, 1.82) is 0 Å². The van der Waals surface area contributed by atoms with E-state index in [1.807, 2.05) is 18.2 Å². The molecule has 6 nitrogen and oxygen atoms in total. The number of ether oxygens (including phenoxy) is 2. The van der Waals surface area contributed by atoms with E-state index in [1.54, 1.807) is 25.2 Å². The molecule has 2 aromatic rings. The molecule has 2 amide bonds. The van der Waals surface area contributed by atoms with Crippen LogP contribution in [0, 0.1) is 0 Å². The summed E-state index contributed by atoms with van der Waals surface area (Å²) in [5, 5.41) is 3.32. The lowest BCUT2D eigenvalue weighted by molar-refractivity contribution is -0.131. The summed E-state index contributed by atoms with van der Waals surface area (Å²) in [6, 6.07) is 10.0. The van der Waals surface area contributed by atoms with Gasteiger partial charge in [-0.3, -0.25) is 9.59 Å². The molecular weight excluding hydrogens is 415 g/mol. The van der Waals surface area contributed by atoms with Gasteiger partial charge in [-0.15, -0.1) is 0 Å². The van der Waals surface area contributed by atoms with Crippen molar-refractivity contribution in [3.05, 3.63) is 57.6 Å². The zero-order chi connectivity index (χ0) is 21.0. The normalized spacial score (nSPS) is 15.9. The van der Waals surface area contributed by atoms with E-state index in [4.69, 9.17) is 32.7 Å². The van der Waals surface area contributed by atoms with E-state index in [0.29, 0.717) is 23.1 Å². The molecule has 154 valence electrons. The molecule has 0 saturated carbocycles. The van der Waals surface area contributed by atoms with E-state index in [-0.39, 0.29) is 29.1 Å². The van der Waals surface area contributed by atoms with Crippen LogP contribution in [0.3, 0.4) is 0 Å². The maximum atomic E-state index is 12.8. The van der Waals surface area contributed by atoms with Gasteiger partial charge in [0.15, 0.2) is 0 Å². The van der Waals surface area contributed by atoms with Gasteiger partial charge in [0.05, 0.1) is 37.4 Å². The van der Waals surface area contributed by atoms with E-state index >= 15 is 0 Å². The first kappa shape index (κ1) is 21.3. The topological polar surface area (TPSA) is 67.9 Å². The van der Waals surface area contributed by atoms with Gasteiger partial charge in [-0.2, -0.15) is 0 Å². The predicted octanol–water partition coefficient (Wildman–Crippen LogP) is 4.10. The van der Waals surface area contributed by atoms with Crippen LogP contribution in [0.5, 0.6) is 11.5 Å². The van der Waals surface area contributed by atoms with Crippen molar-refractivity contribution in [3.8, 4) is 11.5 Å². The highest BCUT2D eigenvalue weighted by Crippen LogP contribution is 2.38. The molecule has 1 unspecified atom stereocenters. The lowest BCUT2D eigenvalue weighted by Gasteiger charge is -2.27. The molecule has 1 atom stereocenters. The van der Waals surface area contributed by atoms with Crippen LogP contribution in [-0.2, 0) is 4.79 Å². The van der Waals surface area contributed by atoms with Gasteiger partial charge < -0.3 is 19.7 Å². The number of amides is 2. The van der Waals surface area contributed by atoms with E-state index in [2.05, 4.69) is 5.32 Å². The molecule has 0 spiro atoms. The van der Waals surface area contributed by atoms with Gasteiger partial charge in [0.25, 0.3) is 5.91 Å². The number of hydrogen-bond acceptors (Lipinski definition) is 4. The summed E-state index contributed by atoms with van der Waals surface area (Å²) in [5.41, 5.74) is 1.17. The zero-order valence-electron chi connectivity index (χ0n) is 16.2. The number of hydrogen-bond donors (Lipinski definition) is 1. The molecule has 3 rings (SSSR count). The molecular formula is C21H22Cl2N2O4. The molecule has 1 fully saturated rings. The molecule has 2 aromatic carbocycles. The summed E-state index contributed by atoms with van der Waals surface area (Å²) in [5.74, 6) is 0.809. The molecule has 0 bridgehead atoms. The maximum Gasteiger partial charge on any atom is 0.253 e. The van der Waals surface area contributed by atoms with Crippen molar-refractivity contribution in [2.45, 2.75) is 18.9 Å². The minimum Gasteiger partial charge on any atom is -0.497 e. The van der Waals surface area contributed by atoms with Gasteiger partial charge in [0, 0.05) is 17.1 Å². The van der Waals surface area contributed by atoms with Crippen molar-refractivity contribution < 1.29 is 19.1 Å². The second-order valence-electron chi connectivity index (χ2n) is 6.66. The Balaban J connectivity index is 1.71. The Kier molecular flexibility index (Phi) is 6.87. The number of rotatable bonds is 6. The Morgan fingerprint density at radius 1 is 1.14 bits per heavy atom. The Hall–Kier alpha value is -2.44. The Labute approximate surface area is 179 Å². The summed E-state index contributed by atoms with van der Waals surface area (Å²) in [4.78, 5) is 27.0. The van der Waals surface area contributed by atoms with Crippen LogP contribution in [0.1, 0.15) is 34.8 Å². The van der Waals surface area contributed by atoms with Gasteiger partial charge in [-0.25, -0.2) is 0 Å². The van der Waals surface area contributed by atoms with Gasteiger partial charge in [-0.05, 0) is 49.2 Å². The van der Waals surface area contributed by atoms with Crippen molar-refractivity contribution in [3.63, 3.8) is 0 Å². The summed E-state index contributed by atoms with van der Waals surface area (Å²) >= 11 is 11.9. The van der Waals surface area contributed by atoms with E-state index in [1.165, 1.54) is 12.1 Å². The smallest absolute Gasteiger partial charge is 0.253 e. The average Bonchev–Trinajstić information content (AvgIpc) is 3.21. The first-order chi connectivity index (χ1) is 13.9. The third kappa shape index (κ3) is 4.77. The third-order valence-electron chi connectivity index (χ3n) is 4.94. The second kappa shape index (κ2) is 9.37. The van der Waals surface area contributed by atoms with Crippen LogP contribution in [0.25, 0.3) is 0 Å². The highest BCUT2D eigenvalue weighted by Gasteiger charge is 2.32. The highest BCUT2D eigenvalue weighted by molar-refractivity contribution is 6.36. The molecule has 1 aliphatic heterocycles. The van der Waals surface area contributed by atoms with Crippen LogP contribution in [0.4, 0.5) is 0 Å². The van der Waals surface area contributed by atoms with E-state index in [0.717, 1.165) is 18.4 Å². The zero-order valence-corrected chi connectivity index (χ0v) is 17.7. The quantitative estimate of drug-likeness (QED) is 0.739. The number of likely N-dealkylation sites (tertiary alicyclic amines) is 1. The SMILES string of the molecule is COc1ccc(OC)c(C2CCCN2C(=O)CNC(=O)c2ccc(Cl)cc2Cl)c1. The third-order valence-corrected chi connectivity index (χ3v) is 5.49.